The Morgan fingerprint density at radius 2 is 0.950 bits per heavy atom. The number of fused-ring (bicyclic) bond motifs is 16. The first-order valence-electron chi connectivity index (χ1n) is 20.9. The summed E-state index contributed by atoms with van der Waals surface area (Å²) in [6.07, 6.45) is 0.943. The van der Waals surface area contributed by atoms with Gasteiger partial charge in [-0.05, 0) is 92.0 Å². The SMILES string of the molecule is c1ccc(N(c2ccccc2-c2ccc3c(c2)-c2ccccc2C32c3ccc4ccccc4c3Oc3c2ccc2ccccc32)c2cccc3c2-c2ccccc2C3)cc1. The maximum absolute atomic E-state index is 7.19. The zero-order valence-corrected chi connectivity index (χ0v) is 32.8. The minimum Gasteiger partial charge on any atom is -0.455 e. The number of para-hydroxylation sites is 2. The molecular formula is C58H37NO. The van der Waals surface area contributed by atoms with E-state index < -0.39 is 5.41 Å². The van der Waals surface area contributed by atoms with Crippen LogP contribution < -0.4 is 9.64 Å². The average molecular weight is 764 g/mol. The molecule has 13 rings (SSSR count). The Hall–Kier alpha value is -7.68. The Kier molecular flexibility index (Phi) is 7.03. The van der Waals surface area contributed by atoms with Gasteiger partial charge in [-0.25, -0.2) is 0 Å². The van der Waals surface area contributed by atoms with Crippen LogP contribution in [0.15, 0.2) is 212 Å². The van der Waals surface area contributed by atoms with Crippen molar-refractivity contribution in [3.05, 3.63) is 246 Å². The van der Waals surface area contributed by atoms with Crippen molar-refractivity contribution < 1.29 is 4.74 Å². The van der Waals surface area contributed by atoms with Gasteiger partial charge in [0.05, 0.1) is 16.8 Å². The lowest BCUT2D eigenvalue weighted by Gasteiger charge is -2.40. The van der Waals surface area contributed by atoms with E-state index in [9.17, 15) is 0 Å². The summed E-state index contributed by atoms with van der Waals surface area (Å²) in [5.74, 6) is 1.87. The largest absolute Gasteiger partial charge is 0.455 e. The quantitative estimate of drug-likeness (QED) is 0.177. The summed E-state index contributed by atoms with van der Waals surface area (Å²) in [6.45, 7) is 0. The van der Waals surface area contributed by atoms with Gasteiger partial charge in [-0.15, -0.1) is 0 Å². The van der Waals surface area contributed by atoms with Gasteiger partial charge in [0.15, 0.2) is 0 Å². The molecule has 280 valence electrons. The molecule has 1 spiro atoms. The zero-order valence-electron chi connectivity index (χ0n) is 32.8. The van der Waals surface area contributed by atoms with Gasteiger partial charge in [-0.2, -0.15) is 0 Å². The second-order valence-electron chi connectivity index (χ2n) is 16.3. The molecule has 0 saturated heterocycles. The monoisotopic (exact) mass is 763 g/mol. The van der Waals surface area contributed by atoms with Gasteiger partial charge in [-0.3, -0.25) is 0 Å². The van der Waals surface area contributed by atoms with Crippen LogP contribution in [0, 0.1) is 0 Å². The first-order chi connectivity index (χ1) is 29.8. The molecule has 10 aromatic carbocycles. The van der Waals surface area contributed by atoms with Gasteiger partial charge in [0.1, 0.15) is 11.5 Å². The molecule has 0 unspecified atom stereocenters. The van der Waals surface area contributed by atoms with Crippen LogP contribution in [0.5, 0.6) is 11.5 Å². The standard InChI is InChI=1S/C58H37NO/c1-2-19-42(20-3-1)59(54-28-14-18-41-35-39-17-6-7-22-44(39)55(41)54)53-27-13-11-21-43(53)40-31-32-50-48(36-40)47-25-10-12-26-49(47)58(50)51-33-29-37-15-4-8-23-45(37)56(51)60-57-46-24-9-5-16-38(46)30-34-52(57)58/h1-34,36H,35H2. The molecule has 60 heavy (non-hydrogen) atoms. The molecule has 0 amide bonds. The molecule has 0 N–H and O–H groups in total. The van der Waals surface area contributed by atoms with Crippen LogP contribution in [0.3, 0.4) is 0 Å². The number of ether oxygens (including phenoxy) is 1. The van der Waals surface area contributed by atoms with E-state index in [1.165, 1.54) is 83.2 Å². The van der Waals surface area contributed by atoms with Crippen LogP contribution in [-0.2, 0) is 11.8 Å². The molecular weight excluding hydrogens is 727 g/mol. The predicted octanol–water partition coefficient (Wildman–Crippen LogP) is 15.2. The smallest absolute Gasteiger partial charge is 0.140 e. The van der Waals surface area contributed by atoms with Gasteiger partial charge < -0.3 is 9.64 Å². The molecule has 0 saturated carbocycles. The summed E-state index contributed by atoms with van der Waals surface area (Å²) in [6, 6.07) is 78.2. The third kappa shape index (κ3) is 4.53. The van der Waals surface area contributed by atoms with E-state index in [1.807, 2.05) is 0 Å². The van der Waals surface area contributed by atoms with Gasteiger partial charge in [0.2, 0.25) is 0 Å². The summed E-state index contributed by atoms with van der Waals surface area (Å²) in [7, 11) is 0. The van der Waals surface area contributed by atoms with Crippen molar-refractivity contribution in [3.63, 3.8) is 0 Å². The predicted molar refractivity (Wildman–Crippen MR) is 247 cm³/mol. The Labute approximate surface area is 349 Å². The lowest BCUT2D eigenvalue weighted by Crippen LogP contribution is -2.32. The second-order valence-corrected chi connectivity index (χ2v) is 16.3. The van der Waals surface area contributed by atoms with E-state index in [4.69, 9.17) is 4.74 Å². The van der Waals surface area contributed by atoms with Gasteiger partial charge in [0.25, 0.3) is 0 Å². The van der Waals surface area contributed by atoms with Crippen molar-refractivity contribution in [2.45, 2.75) is 11.8 Å². The summed E-state index contributed by atoms with van der Waals surface area (Å²) in [5, 5.41) is 4.59. The molecule has 0 bridgehead atoms. The van der Waals surface area contributed by atoms with Crippen molar-refractivity contribution >= 4 is 38.6 Å². The Bertz CT molecular complexity index is 3310. The summed E-state index contributed by atoms with van der Waals surface area (Å²) < 4.78 is 7.19. The average Bonchev–Trinajstić information content (AvgIpc) is 3.84. The van der Waals surface area contributed by atoms with E-state index in [0.29, 0.717) is 0 Å². The normalized spacial score (nSPS) is 13.5. The van der Waals surface area contributed by atoms with Gasteiger partial charge in [-0.1, -0.05) is 182 Å². The highest BCUT2D eigenvalue weighted by Crippen LogP contribution is 2.64. The molecule has 2 nitrogen and oxygen atoms in total. The summed E-state index contributed by atoms with van der Waals surface area (Å²) in [5.41, 5.74) is 18.0. The van der Waals surface area contributed by atoms with Gasteiger partial charge in [0, 0.05) is 38.7 Å². The maximum atomic E-state index is 7.19. The maximum Gasteiger partial charge on any atom is 0.140 e. The van der Waals surface area contributed by atoms with Crippen molar-refractivity contribution in [1.82, 2.24) is 0 Å². The third-order valence-electron chi connectivity index (χ3n) is 13.3. The summed E-state index contributed by atoms with van der Waals surface area (Å²) >= 11 is 0. The molecule has 1 heterocycles. The molecule has 0 fully saturated rings. The minimum atomic E-state index is -0.588. The second kappa shape index (κ2) is 12.7. The van der Waals surface area contributed by atoms with Crippen molar-refractivity contribution in [2.24, 2.45) is 0 Å². The van der Waals surface area contributed by atoms with Crippen LogP contribution in [0.1, 0.15) is 33.4 Å². The molecule has 10 aromatic rings. The Morgan fingerprint density at radius 3 is 1.72 bits per heavy atom. The molecule has 3 aliphatic rings. The van der Waals surface area contributed by atoms with Gasteiger partial charge >= 0.3 is 0 Å². The fourth-order valence-electron chi connectivity index (χ4n) is 10.8. The van der Waals surface area contributed by atoms with E-state index >= 15 is 0 Å². The molecule has 0 radical (unpaired) electrons. The molecule has 0 atom stereocenters. The van der Waals surface area contributed by atoms with Crippen LogP contribution in [0.25, 0.3) is 54.9 Å². The highest BCUT2D eigenvalue weighted by Gasteiger charge is 2.52. The van der Waals surface area contributed by atoms with Crippen LogP contribution in [0.2, 0.25) is 0 Å². The van der Waals surface area contributed by atoms with Crippen LogP contribution in [0.4, 0.5) is 17.1 Å². The topological polar surface area (TPSA) is 12.5 Å². The number of hydrogen-bond acceptors (Lipinski definition) is 2. The van der Waals surface area contributed by atoms with Crippen molar-refractivity contribution in [1.29, 1.82) is 0 Å². The van der Waals surface area contributed by atoms with E-state index in [-0.39, 0.29) is 0 Å². The highest BCUT2D eigenvalue weighted by atomic mass is 16.5. The lowest BCUT2D eigenvalue weighted by molar-refractivity contribution is 0.447. The van der Waals surface area contributed by atoms with E-state index in [2.05, 4.69) is 217 Å². The Morgan fingerprint density at radius 1 is 0.383 bits per heavy atom. The van der Waals surface area contributed by atoms with E-state index in [1.54, 1.807) is 0 Å². The molecule has 1 aliphatic heterocycles. The zero-order chi connectivity index (χ0) is 39.4. The van der Waals surface area contributed by atoms with Crippen LogP contribution >= 0.6 is 0 Å². The molecule has 2 heteroatoms. The highest BCUT2D eigenvalue weighted by molar-refractivity contribution is 6.02. The molecule has 2 aliphatic carbocycles. The summed E-state index contributed by atoms with van der Waals surface area (Å²) in [4.78, 5) is 2.47. The van der Waals surface area contributed by atoms with Crippen LogP contribution in [-0.4, -0.2) is 0 Å². The van der Waals surface area contributed by atoms with E-state index in [0.717, 1.165) is 40.1 Å². The number of hydrogen-bond donors (Lipinski definition) is 0. The van der Waals surface area contributed by atoms with Crippen molar-refractivity contribution in [3.8, 4) is 44.9 Å². The third-order valence-corrected chi connectivity index (χ3v) is 13.3. The van der Waals surface area contributed by atoms with Crippen molar-refractivity contribution in [2.75, 3.05) is 4.90 Å². The number of rotatable bonds is 4. The molecule has 0 aromatic heterocycles. The fourth-order valence-corrected chi connectivity index (χ4v) is 10.8. The number of benzene rings is 10. The number of nitrogens with zero attached hydrogens (tertiary/aromatic N) is 1. The fraction of sp³-hybridized carbons (Fsp3) is 0.0345. The lowest BCUT2D eigenvalue weighted by atomic mass is 9.65. The first-order valence-corrected chi connectivity index (χ1v) is 20.9. The Balaban J connectivity index is 1.06. The number of anilines is 3. The first kappa shape index (κ1) is 33.3. The minimum absolute atomic E-state index is 0.588.